The molecule has 0 aliphatic carbocycles. The van der Waals surface area contributed by atoms with Gasteiger partial charge in [-0.1, -0.05) is 23.2 Å². The Morgan fingerprint density at radius 1 is 1.11 bits per heavy atom. The fraction of sp³-hybridized carbons (Fsp3) is 0. The summed E-state index contributed by atoms with van der Waals surface area (Å²) in [5, 5.41) is 0.185. The lowest BCUT2D eigenvalue weighted by molar-refractivity contribution is 0.423. The van der Waals surface area contributed by atoms with Crippen molar-refractivity contribution in [3.8, 4) is 11.6 Å². The van der Waals surface area contributed by atoms with Gasteiger partial charge in [0, 0.05) is 6.07 Å². The van der Waals surface area contributed by atoms with E-state index in [-0.39, 0.29) is 27.5 Å². The minimum Gasteiger partial charge on any atom is -0.434 e. The number of anilines is 1. The van der Waals surface area contributed by atoms with Crippen LogP contribution in [0.2, 0.25) is 10.0 Å². The van der Waals surface area contributed by atoms with E-state index in [0.29, 0.717) is 0 Å². The first-order valence-electron chi connectivity index (χ1n) is 4.72. The number of halogens is 4. The summed E-state index contributed by atoms with van der Waals surface area (Å²) >= 11 is 11.5. The maximum atomic E-state index is 13.3. The highest BCUT2D eigenvalue weighted by molar-refractivity contribution is 6.36. The molecule has 2 rings (SSSR count). The van der Waals surface area contributed by atoms with Crippen LogP contribution in [0, 0.1) is 11.6 Å². The fourth-order valence-electron chi connectivity index (χ4n) is 1.19. The first-order valence-corrected chi connectivity index (χ1v) is 5.47. The molecular formula is C11H6Cl2F2N2O. The van der Waals surface area contributed by atoms with Gasteiger partial charge in [-0.25, -0.2) is 8.78 Å². The first-order chi connectivity index (χ1) is 8.47. The molecule has 3 nitrogen and oxygen atoms in total. The molecule has 1 aromatic carbocycles. The van der Waals surface area contributed by atoms with E-state index >= 15 is 0 Å². The van der Waals surface area contributed by atoms with E-state index in [0.717, 1.165) is 18.2 Å². The molecule has 18 heavy (non-hydrogen) atoms. The second kappa shape index (κ2) is 4.96. The Morgan fingerprint density at radius 2 is 1.83 bits per heavy atom. The number of nitrogens with two attached hydrogens (primary N) is 1. The number of hydrogen-bond acceptors (Lipinski definition) is 3. The molecule has 2 aromatic rings. The third kappa shape index (κ3) is 2.63. The third-order valence-electron chi connectivity index (χ3n) is 2.02. The van der Waals surface area contributed by atoms with Gasteiger partial charge in [-0.15, -0.1) is 0 Å². The molecule has 0 aliphatic rings. The van der Waals surface area contributed by atoms with Crippen molar-refractivity contribution in [2.45, 2.75) is 0 Å². The molecule has 0 bridgehead atoms. The first kappa shape index (κ1) is 12.9. The Kier molecular flexibility index (Phi) is 3.54. The Bertz CT molecular complexity index is 608. The Labute approximate surface area is 111 Å². The molecule has 0 unspecified atom stereocenters. The van der Waals surface area contributed by atoms with E-state index in [1.807, 2.05) is 0 Å². The van der Waals surface area contributed by atoms with E-state index in [1.165, 1.54) is 6.07 Å². The van der Waals surface area contributed by atoms with Crippen molar-refractivity contribution in [1.29, 1.82) is 0 Å². The smallest absolute Gasteiger partial charge is 0.240 e. The molecule has 0 amide bonds. The summed E-state index contributed by atoms with van der Waals surface area (Å²) < 4.78 is 31.4. The van der Waals surface area contributed by atoms with Crippen molar-refractivity contribution in [3.63, 3.8) is 0 Å². The van der Waals surface area contributed by atoms with Crippen molar-refractivity contribution in [1.82, 2.24) is 4.98 Å². The zero-order valence-corrected chi connectivity index (χ0v) is 10.3. The maximum Gasteiger partial charge on any atom is 0.240 e. The van der Waals surface area contributed by atoms with Gasteiger partial charge in [-0.2, -0.15) is 4.98 Å². The lowest BCUT2D eigenvalue weighted by atomic mass is 10.3. The van der Waals surface area contributed by atoms with Crippen LogP contribution in [-0.2, 0) is 0 Å². The van der Waals surface area contributed by atoms with Crippen LogP contribution in [0.1, 0.15) is 0 Å². The minimum atomic E-state index is -0.747. The van der Waals surface area contributed by atoms with Gasteiger partial charge in [0.15, 0.2) is 11.6 Å². The Hall–Kier alpha value is -1.59. The van der Waals surface area contributed by atoms with Gasteiger partial charge < -0.3 is 10.5 Å². The zero-order chi connectivity index (χ0) is 13.3. The van der Waals surface area contributed by atoms with Crippen LogP contribution in [0.25, 0.3) is 0 Å². The predicted octanol–water partition coefficient (Wildman–Crippen LogP) is 4.04. The Morgan fingerprint density at radius 3 is 2.56 bits per heavy atom. The van der Waals surface area contributed by atoms with Crippen molar-refractivity contribution in [2.24, 2.45) is 0 Å². The number of pyridine rings is 1. The van der Waals surface area contributed by atoms with E-state index in [9.17, 15) is 8.78 Å². The quantitative estimate of drug-likeness (QED) is 0.908. The summed E-state index contributed by atoms with van der Waals surface area (Å²) in [5.74, 6) is -1.91. The van der Waals surface area contributed by atoms with Crippen LogP contribution in [0.15, 0.2) is 24.3 Å². The number of aromatic nitrogens is 1. The van der Waals surface area contributed by atoms with E-state index in [2.05, 4.69) is 4.98 Å². The molecule has 0 radical (unpaired) electrons. The molecule has 7 heteroatoms. The van der Waals surface area contributed by atoms with Crippen molar-refractivity contribution in [2.75, 3.05) is 5.73 Å². The van der Waals surface area contributed by atoms with E-state index < -0.39 is 11.6 Å². The molecule has 0 spiro atoms. The number of hydrogen-bond donors (Lipinski definition) is 1. The molecular weight excluding hydrogens is 285 g/mol. The van der Waals surface area contributed by atoms with Crippen LogP contribution < -0.4 is 10.5 Å². The molecule has 0 saturated heterocycles. The molecule has 0 atom stereocenters. The summed E-state index contributed by atoms with van der Waals surface area (Å²) in [7, 11) is 0. The highest BCUT2D eigenvalue weighted by Gasteiger charge is 2.12. The number of ether oxygens (including phenoxy) is 1. The Balaban J connectivity index is 2.40. The van der Waals surface area contributed by atoms with Gasteiger partial charge in [0.2, 0.25) is 5.88 Å². The zero-order valence-electron chi connectivity index (χ0n) is 8.75. The number of nitrogen functional groups attached to an aromatic ring is 1. The predicted molar refractivity (Wildman–Crippen MR) is 65.1 cm³/mol. The van der Waals surface area contributed by atoms with Gasteiger partial charge in [0.25, 0.3) is 0 Å². The van der Waals surface area contributed by atoms with Gasteiger partial charge in [-0.3, -0.25) is 0 Å². The van der Waals surface area contributed by atoms with E-state index in [1.54, 1.807) is 0 Å². The van der Waals surface area contributed by atoms with E-state index in [4.69, 9.17) is 33.7 Å². The molecule has 1 heterocycles. The van der Waals surface area contributed by atoms with Gasteiger partial charge in [0.1, 0.15) is 16.7 Å². The maximum absolute atomic E-state index is 13.3. The highest BCUT2D eigenvalue weighted by atomic mass is 35.5. The van der Waals surface area contributed by atoms with Gasteiger partial charge in [-0.05, 0) is 18.2 Å². The summed E-state index contributed by atoms with van der Waals surface area (Å²) in [5.41, 5.74) is 5.46. The SMILES string of the molecule is Nc1nc(Oc2cc(F)ccc2F)c(Cl)cc1Cl. The van der Waals surface area contributed by atoms with Gasteiger partial charge in [0.05, 0.1) is 5.02 Å². The topological polar surface area (TPSA) is 48.1 Å². The van der Waals surface area contributed by atoms with Crippen molar-refractivity contribution < 1.29 is 13.5 Å². The summed E-state index contributed by atoms with van der Waals surface area (Å²) in [6.45, 7) is 0. The standard InChI is InChI=1S/C11H6Cl2F2N2O/c12-6-4-7(13)11(17-10(6)16)18-9-3-5(14)1-2-8(9)15/h1-4H,(H2,16,17). The highest BCUT2D eigenvalue weighted by Crippen LogP contribution is 2.33. The van der Waals surface area contributed by atoms with Crippen LogP contribution in [0.4, 0.5) is 14.6 Å². The molecule has 0 saturated carbocycles. The summed E-state index contributed by atoms with van der Waals surface area (Å²) in [6.07, 6.45) is 0. The molecule has 2 N–H and O–H groups in total. The van der Waals surface area contributed by atoms with Gasteiger partial charge >= 0.3 is 0 Å². The second-order valence-corrected chi connectivity index (χ2v) is 4.13. The lowest BCUT2D eigenvalue weighted by Gasteiger charge is -2.08. The fourth-order valence-corrected chi connectivity index (χ4v) is 1.59. The minimum absolute atomic E-state index is 0.0205. The summed E-state index contributed by atoms with van der Waals surface area (Å²) in [6, 6.07) is 4.07. The van der Waals surface area contributed by atoms with Crippen LogP contribution in [-0.4, -0.2) is 4.98 Å². The molecule has 94 valence electrons. The molecule has 0 fully saturated rings. The number of rotatable bonds is 2. The molecule has 1 aromatic heterocycles. The average Bonchev–Trinajstić information content (AvgIpc) is 2.30. The van der Waals surface area contributed by atoms with Crippen LogP contribution in [0.5, 0.6) is 11.6 Å². The lowest BCUT2D eigenvalue weighted by Crippen LogP contribution is -1.97. The molecule has 0 aliphatic heterocycles. The summed E-state index contributed by atoms with van der Waals surface area (Å²) in [4.78, 5) is 3.74. The monoisotopic (exact) mass is 290 g/mol. The normalized spacial score (nSPS) is 10.4. The van der Waals surface area contributed by atoms with Crippen molar-refractivity contribution >= 4 is 29.0 Å². The average molecular weight is 291 g/mol. The van der Waals surface area contributed by atoms with Crippen molar-refractivity contribution in [3.05, 3.63) is 45.9 Å². The van der Waals surface area contributed by atoms with Crippen LogP contribution >= 0.6 is 23.2 Å². The third-order valence-corrected chi connectivity index (χ3v) is 2.60. The largest absolute Gasteiger partial charge is 0.434 e. The second-order valence-electron chi connectivity index (χ2n) is 3.32. The number of benzene rings is 1. The van der Waals surface area contributed by atoms with Crippen LogP contribution in [0.3, 0.4) is 0 Å². The number of nitrogens with zero attached hydrogens (tertiary/aromatic N) is 1.